The summed E-state index contributed by atoms with van der Waals surface area (Å²) in [6.45, 7) is 9.93. The van der Waals surface area contributed by atoms with Crippen molar-refractivity contribution in [2.45, 2.75) is 66.5 Å². The molecule has 0 aliphatic heterocycles. The van der Waals surface area contributed by atoms with Crippen LogP contribution in [0, 0.1) is 13.8 Å². The van der Waals surface area contributed by atoms with Gasteiger partial charge in [0.05, 0.1) is 33.5 Å². The molecule has 5 rings (SSSR count). The Morgan fingerprint density at radius 1 is 0.600 bits per heavy atom. The smallest absolute Gasteiger partial charge is 0.344 e. The molecule has 0 saturated heterocycles. The summed E-state index contributed by atoms with van der Waals surface area (Å²) in [6.07, 6.45) is 4.17. The van der Waals surface area contributed by atoms with E-state index >= 15 is 0 Å². The highest BCUT2D eigenvalue weighted by Crippen LogP contribution is 2.35. The van der Waals surface area contributed by atoms with Crippen LogP contribution in [0.4, 0.5) is 0 Å². The first-order valence-corrected chi connectivity index (χ1v) is 14.1. The molecule has 2 aromatic heterocycles. The zero-order valence-corrected chi connectivity index (χ0v) is 23.7. The molecule has 0 radical (unpaired) electrons. The lowest BCUT2D eigenvalue weighted by atomic mass is 10.1. The zero-order chi connectivity index (χ0) is 28.2. The van der Waals surface area contributed by atoms with Gasteiger partial charge >= 0.3 is 11.9 Å². The van der Waals surface area contributed by atoms with Gasteiger partial charge in [-0.1, -0.05) is 63.1 Å². The maximum absolute atomic E-state index is 13.6. The van der Waals surface area contributed by atoms with Crippen molar-refractivity contribution in [3.8, 4) is 11.5 Å². The van der Waals surface area contributed by atoms with Crippen molar-refractivity contribution in [1.82, 2.24) is 9.13 Å². The molecule has 0 N–H and O–H groups in total. The average molecular weight is 537 g/mol. The van der Waals surface area contributed by atoms with E-state index < -0.39 is 11.9 Å². The summed E-state index contributed by atoms with van der Waals surface area (Å²) in [5.74, 6) is -0.128. The van der Waals surface area contributed by atoms with Gasteiger partial charge in [0, 0.05) is 23.9 Å². The number of hydrogen-bond acceptors (Lipinski definition) is 4. The fraction of sp³-hybridized carbons (Fsp3) is 0.294. The number of carbonyl (C=O) groups is 2. The van der Waals surface area contributed by atoms with Crippen molar-refractivity contribution < 1.29 is 19.1 Å². The molecule has 2 heterocycles. The summed E-state index contributed by atoms with van der Waals surface area (Å²) in [5, 5.41) is 1.75. The SMILES string of the molecule is CCCCn1c(C)c(OC(=O)c2ccccc2C(=O)Oc2c(C)n(CCCC)c3ccccc23)c2ccccc21. The predicted molar refractivity (Wildman–Crippen MR) is 160 cm³/mol. The minimum absolute atomic E-state index is 0.171. The second-order valence-electron chi connectivity index (χ2n) is 10.2. The molecule has 0 saturated carbocycles. The van der Waals surface area contributed by atoms with Crippen molar-refractivity contribution in [3.63, 3.8) is 0 Å². The molecule has 0 amide bonds. The summed E-state index contributed by atoms with van der Waals surface area (Å²) in [4.78, 5) is 27.1. The van der Waals surface area contributed by atoms with Gasteiger partial charge in [-0.05, 0) is 63.1 Å². The maximum Gasteiger partial charge on any atom is 0.344 e. The van der Waals surface area contributed by atoms with Gasteiger partial charge < -0.3 is 18.6 Å². The van der Waals surface area contributed by atoms with E-state index in [1.165, 1.54) is 0 Å². The molecule has 0 aliphatic rings. The molecule has 40 heavy (non-hydrogen) atoms. The maximum atomic E-state index is 13.6. The van der Waals surface area contributed by atoms with E-state index in [1.807, 2.05) is 62.4 Å². The number of ether oxygens (including phenoxy) is 2. The lowest BCUT2D eigenvalue weighted by Crippen LogP contribution is -2.18. The van der Waals surface area contributed by atoms with E-state index in [2.05, 4.69) is 23.0 Å². The second-order valence-corrected chi connectivity index (χ2v) is 10.2. The molecular weight excluding hydrogens is 500 g/mol. The summed E-state index contributed by atoms with van der Waals surface area (Å²) in [7, 11) is 0. The number of nitrogens with zero attached hydrogens (tertiary/aromatic N) is 2. The fourth-order valence-electron chi connectivity index (χ4n) is 5.40. The lowest BCUT2D eigenvalue weighted by Gasteiger charge is -2.11. The number of aryl methyl sites for hydroxylation is 2. The Morgan fingerprint density at radius 3 is 1.38 bits per heavy atom. The van der Waals surface area contributed by atoms with Crippen molar-refractivity contribution >= 4 is 33.7 Å². The quantitative estimate of drug-likeness (QED) is 0.169. The molecule has 0 unspecified atom stereocenters. The summed E-state index contributed by atoms with van der Waals surface area (Å²) in [5.41, 5.74) is 4.17. The van der Waals surface area contributed by atoms with Crippen LogP contribution in [-0.4, -0.2) is 21.1 Å². The van der Waals surface area contributed by atoms with Gasteiger partial charge in [-0.3, -0.25) is 0 Å². The third-order valence-corrected chi connectivity index (χ3v) is 7.57. The first kappa shape index (κ1) is 27.3. The van der Waals surface area contributed by atoms with Crippen molar-refractivity contribution in [1.29, 1.82) is 0 Å². The highest BCUT2D eigenvalue weighted by molar-refractivity contribution is 6.06. The van der Waals surface area contributed by atoms with E-state index in [0.29, 0.717) is 11.5 Å². The molecule has 0 fully saturated rings. The van der Waals surface area contributed by atoms with Crippen LogP contribution in [0.3, 0.4) is 0 Å². The molecule has 0 spiro atoms. The van der Waals surface area contributed by atoms with Gasteiger partial charge in [-0.15, -0.1) is 0 Å². The number of unbranched alkanes of at least 4 members (excludes halogenated alkanes) is 2. The summed E-state index contributed by atoms with van der Waals surface area (Å²) < 4.78 is 16.4. The number of para-hydroxylation sites is 2. The van der Waals surface area contributed by atoms with Gasteiger partial charge in [0.25, 0.3) is 0 Å². The van der Waals surface area contributed by atoms with Crippen LogP contribution < -0.4 is 9.47 Å². The standard InChI is InChI=1S/C34H36N2O4/c1-5-7-21-35-23(3)31(27-17-11-13-19-29(27)35)39-33(37)25-15-9-10-16-26(25)34(38)40-32-24(4)36(22-8-6-2)30-20-14-12-18-28(30)32/h9-20H,5-8,21-22H2,1-4H3. The molecule has 6 nitrogen and oxygen atoms in total. The highest BCUT2D eigenvalue weighted by atomic mass is 16.5. The topological polar surface area (TPSA) is 62.5 Å². The largest absolute Gasteiger partial charge is 0.420 e. The van der Waals surface area contributed by atoms with Gasteiger partial charge in [0.15, 0.2) is 11.5 Å². The predicted octanol–water partition coefficient (Wildman–Crippen LogP) is 8.25. The molecule has 6 heteroatoms. The van der Waals surface area contributed by atoms with Crippen LogP contribution in [0.25, 0.3) is 21.8 Å². The van der Waals surface area contributed by atoms with Crippen LogP contribution in [0.1, 0.15) is 71.6 Å². The highest BCUT2D eigenvalue weighted by Gasteiger charge is 2.25. The monoisotopic (exact) mass is 536 g/mol. The van der Waals surface area contributed by atoms with E-state index in [0.717, 1.165) is 72.0 Å². The number of carbonyl (C=O) groups excluding carboxylic acids is 2. The first-order valence-electron chi connectivity index (χ1n) is 14.1. The number of rotatable bonds is 10. The molecule has 0 aliphatic carbocycles. The van der Waals surface area contributed by atoms with Gasteiger partial charge in [-0.25, -0.2) is 9.59 Å². The normalized spacial score (nSPS) is 11.3. The van der Waals surface area contributed by atoms with Crippen LogP contribution in [0.5, 0.6) is 11.5 Å². The Kier molecular flexibility index (Phi) is 8.06. The van der Waals surface area contributed by atoms with E-state index in [1.54, 1.807) is 24.3 Å². The number of benzene rings is 3. The van der Waals surface area contributed by atoms with Crippen molar-refractivity contribution in [2.75, 3.05) is 0 Å². The number of aromatic nitrogens is 2. The minimum Gasteiger partial charge on any atom is -0.420 e. The third kappa shape index (κ3) is 5.02. The molecule has 206 valence electrons. The van der Waals surface area contributed by atoms with Gasteiger partial charge in [-0.2, -0.15) is 0 Å². The van der Waals surface area contributed by atoms with E-state index in [-0.39, 0.29) is 11.1 Å². The fourth-order valence-corrected chi connectivity index (χ4v) is 5.40. The van der Waals surface area contributed by atoms with Gasteiger partial charge in [0.2, 0.25) is 0 Å². The molecule has 0 bridgehead atoms. The van der Waals surface area contributed by atoms with Crippen LogP contribution in [0.2, 0.25) is 0 Å². The lowest BCUT2D eigenvalue weighted by molar-refractivity contribution is 0.0693. The Hall–Kier alpha value is -4.32. The average Bonchev–Trinajstić information content (AvgIpc) is 3.40. The Bertz CT molecular complexity index is 1570. The zero-order valence-electron chi connectivity index (χ0n) is 23.7. The second kappa shape index (κ2) is 11.8. The Balaban J connectivity index is 1.47. The van der Waals surface area contributed by atoms with Crippen LogP contribution in [0.15, 0.2) is 72.8 Å². The van der Waals surface area contributed by atoms with Crippen molar-refractivity contribution in [3.05, 3.63) is 95.3 Å². The summed E-state index contributed by atoms with van der Waals surface area (Å²) in [6, 6.07) is 22.5. The molecule has 0 atom stereocenters. The molecule has 3 aromatic carbocycles. The van der Waals surface area contributed by atoms with E-state index in [4.69, 9.17) is 9.47 Å². The van der Waals surface area contributed by atoms with Crippen LogP contribution >= 0.6 is 0 Å². The molecular formula is C34H36N2O4. The first-order chi connectivity index (χ1) is 19.5. The van der Waals surface area contributed by atoms with Crippen molar-refractivity contribution in [2.24, 2.45) is 0 Å². The number of esters is 2. The minimum atomic E-state index is -0.587. The van der Waals surface area contributed by atoms with E-state index in [9.17, 15) is 9.59 Å². The number of fused-ring (bicyclic) bond motifs is 2. The number of hydrogen-bond donors (Lipinski definition) is 0. The third-order valence-electron chi connectivity index (χ3n) is 7.57. The Labute approximate surface area is 235 Å². The molecule has 5 aromatic rings. The Morgan fingerprint density at radius 2 is 0.975 bits per heavy atom. The summed E-state index contributed by atoms with van der Waals surface area (Å²) >= 11 is 0. The van der Waals surface area contributed by atoms with Gasteiger partial charge in [0.1, 0.15) is 0 Å². The van der Waals surface area contributed by atoms with Crippen LogP contribution in [-0.2, 0) is 13.1 Å².